The molecule has 0 saturated heterocycles. The van der Waals surface area contributed by atoms with Gasteiger partial charge in [-0.3, -0.25) is 0 Å². The van der Waals surface area contributed by atoms with Crippen LogP contribution in [0.3, 0.4) is 0 Å². The first-order valence-electron chi connectivity index (χ1n) is 10.4. The Balaban J connectivity index is 1.71. The average Bonchev–Trinajstić information content (AvgIpc) is 2.70. The van der Waals surface area contributed by atoms with Crippen LogP contribution in [-0.2, 0) is 11.2 Å². The van der Waals surface area contributed by atoms with Gasteiger partial charge in [0, 0.05) is 12.2 Å². The highest BCUT2D eigenvalue weighted by Gasteiger charge is 2.23. The van der Waals surface area contributed by atoms with E-state index in [0.29, 0.717) is 35.1 Å². The van der Waals surface area contributed by atoms with Gasteiger partial charge >= 0.3 is 0 Å². The lowest BCUT2D eigenvalue weighted by Crippen LogP contribution is -2.20. The second-order valence-corrected chi connectivity index (χ2v) is 7.58. The maximum absolute atomic E-state index is 14.8. The van der Waals surface area contributed by atoms with E-state index in [1.807, 2.05) is 38.1 Å². The van der Waals surface area contributed by atoms with Crippen molar-refractivity contribution in [3.05, 3.63) is 71.3 Å². The van der Waals surface area contributed by atoms with Crippen molar-refractivity contribution in [3.63, 3.8) is 0 Å². The van der Waals surface area contributed by atoms with Gasteiger partial charge in [0.1, 0.15) is 11.6 Å². The molecule has 0 aliphatic heterocycles. The Bertz CT molecular complexity index is 804. The van der Waals surface area contributed by atoms with Crippen LogP contribution in [0.4, 0.5) is 8.78 Å². The topological polar surface area (TPSA) is 9.23 Å². The summed E-state index contributed by atoms with van der Waals surface area (Å²) in [6, 6.07) is 10.5. The van der Waals surface area contributed by atoms with E-state index in [1.165, 1.54) is 6.07 Å². The van der Waals surface area contributed by atoms with Crippen LogP contribution >= 0.6 is 0 Å². The van der Waals surface area contributed by atoms with Crippen LogP contribution < -0.4 is 0 Å². The smallest absolute Gasteiger partial charge is 0.131 e. The minimum atomic E-state index is -0.273. The Kier molecular flexibility index (Phi) is 7.38. The Morgan fingerprint density at radius 3 is 2.43 bits per heavy atom. The van der Waals surface area contributed by atoms with Crippen molar-refractivity contribution in [1.29, 1.82) is 0 Å². The van der Waals surface area contributed by atoms with E-state index in [0.717, 1.165) is 44.3 Å². The fraction of sp³-hybridized carbons (Fsp3) is 0.440. The first-order valence-corrected chi connectivity index (χ1v) is 10.4. The van der Waals surface area contributed by atoms with Crippen LogP contribution in [0.2, 0.25) is 0 Å². The van der Waals surface area contributed by atoms with Gasteiger partial charge in [-0.1, -0.05) is 36.4 Å². The SMILES string of the molecule is C/C=C/CCc1ccc(-c2ccc(C3CCC(OCC)CC3)cc2F)cc1F. The largest absolute Gasteiger partial charge is 0.379 e. The molecule has 1 fully saturated rings. The molecule has 2 aromatic rings. The van der Waals surface area contributed by atoms with E-state index < -0.39 is 0 Å². The molecule has 0 atom stereocenters. The molecule has 0 spiro atoms. The van der Waals surface area contributed by atoms with Gasteiger partial charge in [-0.15, -0.1) is 0 Å². The summed E-state index contributed by atoms with van der Waals surface area (Å²) in [5.74, 6) is -0.156. The lowest BCUT2D eigenvalue weighted by Gasteiger charge is -2.28. The second-order valence-electron chi connectivity index (χ2n) is 7.58. The fourth-order valence-electron chi connectivity index (χ4n) is 4.14. The van der Waals surface area contributed by atoms with E-state index in [1.54, 1.807) is 18.2 Å². The number of aryl methyl sites for hydroxylation is 1. The van der Waals surface area contributed by atoms with Crippen molar-refractivity contribution in [1.82, 2.24) is 0 Å². The first-order chi connectivity index (χ1) is 13.6. The minimum absolute atomic E-state index is 0.264. The molecule has 1 saturated carbocycles. The van der Waals surface area contributed by atoms with Crippen molar-refractivity contribution < 1.29 is 13.5 Å². The molecule has 0 radical (unpaired) electrons. The molecule has 150 valence electrons. The number of rotatable bonds is 7. The van der Waals surface area contributed by atoms with Gasteiger partial charge in [-0.05, 0) is 87.1 Å². The van der Waals surface area contributed by atoms with E-state index in [9.17, 15) is 8.78 Å². The fourth-order valence-corrected chi connectivity index (χ4v) is 4.14. The number of ether oxygens (including phenoxy) is 1. The van der Waals surface area contributed by atoms with Gasteiger partial charge in [-0.2, -0.15) is 0 Å². The number of hydrogen-bond donors (Lipinski definition) is 0. The van der Waals surface area contributed by atoms with Gasteiger partial charge in [0.2, 0.25) is 0 Å². The lowest BCUT2D eigenvalue weighted by atomic mass is 9.82. The van der Waals surface area contributed by atoms with Crippen LogP contribution in [0.5, 0.6) is 0 Å². The molecule has 1 nitrogen and oxygen atoms in total. The molecule has 2 aromatic carbocycles. The zero-order valence-corrected chi connectivity index (χ0v) is 16.9. The van der Waals surface area contributed by atoms with E-state index in [4.69, 9.17) is 4.74 Å². The summed E-state index contributed by atoms with van der Waals surface area (Å²) in [6.07, 6.45) is 9.91. The van der Waals surface area contributed by atoms with Crippen LogP contribution in [-0.4, -0.2) is 12.7 Å². The average molecular weight is 385 g/mol. The minimum Gasteiger partial charge on any atom is -0.379 e. The third-order valence-electron chi connectivity index (χ3n) is 5.72. The van der Waals surface area contributed by atoms with Crippen molar-refractivity contribution in [3.8, 4) is 11.1 Å². The maximum atomic E-state index is 14.8. The van der Waals surface area contributed by atoms with Gasteiger partial charge in [0.05, 0.1) is 6.10 Å². The molecule has 0 heterocycles. The van der Waals surface area contributed by atoms with Gasteiger partial charge in [0.25, 0.3) is 0 Å². The zero-order chi connectivity index (χ0) is 19.9. The molecule has 0 unspecified atom stereocenters. The maximum Gasteiger partial charge on any atom is 0.131 e. The standard InChI is InChI=1S/C25H30F2O/c1-3-5-6-7-19-8-9-21(17-24(19)26)23-15-12-20(16-25(23)27)18-10-13-22(14-11-18)28-4-2/h3,5,8-9,12,15-18,22H,4,6-7,10-11,13-14H2,1-2H3/b5-3+. The van der Waals surface area contributed by atoms with Crippen LogP contribution in [0.15, 0.2) is 48.6 Å². The first kappa shape index (κ1) is 20.7. The molecule has 3 heteroatoms. The number of hydrogen-bond acceptors (Lipinski definition) is 1. The van der Waals surface area contributed by atoms with Crippen molar-refractivity contribution in [2.24, 2.45) is 0 Å². The van der Waals surface area contributed by atoms with Crippen molar-refractivity contribution >= 4 is 0 Å². The molecule has 1 aliphatic rings. The molecular weight excluding hydrogens is 354 g/mol. The van der Waals surface area contributed by atoms with Crippen LogP contribution in [0.1, 0.15) is 63.0 Å². The Hall–Kier alpha value is -2.00. The Morgan fingerprint density at radius 1 is 1.00 bits per heavy atom. The highest BCUT2D eigenvalue weighted by Crippen LogP contribution is 2.36. The molecule has 1 aliphatic carbocycles. The Labute approximate surface area is 167 Å². The molecule has 0 bridgehead atoms. The predicted octanol–water partition coefficient (Wildman–Crippen LogP) is 7.20. The molecular formula is C25H30F2O. The number of benzene rings is 2. The summed E-state index contributed by atoms with van der Waals surface area (Å²) < 4.78 is 34.9. The summed E-state index contributed by atoms with van der Waals surface area (Å²) in [4.78, 5) is 0. The monoisotopic (exact) mass is 384 g/mol. The molecule has 0 N–H and O–H groups in total. The van der Waals surface area contributed by atoms with Crippen molar-refractivity contribution in [2.45, 2.75) is 64.4 Å². The summed E-state index contributed by atoms with van der Waals surface area (Å²) in [5.41, 5.74) is 2.77. The zero-order valence-electron chi connectivity index (χ0n) is 16.9. The van der Waals surface area contributed by atoms with Crippen LogP contribution in [0, 0.1) is 11.6 Å². The van der Waals surface area contributed by atoms with E-state index >= 15 is 0 Å². The highest BCUT2D eigenvalue weighted by atomic mass is 19.1. The normalized spacial score (nSPS) is 20.0. The summed E-state index contributed by atoms with van der Waals surface area (Å²) in [5, 5.41) is 0. The molecule has 28 heavy (non-hydrogen) atoms. The van der Waals surface area contributed by atoms with Crippen LogP contribution in [0.25, 0.3) is 11.1 Å². The van der Waals surface area contributed by atoms with Gasteiger partial charge < -0.3 is 4.74 Å². The summed E-state index contributed by atoms with van der Waals surface area (Å²) in [6.45, 7) is 4.73. The second kappa shape index (κ2) is 9.97. The quantitative estimate of drug-likeness (QED) is 0.459. The highest BCUT2D eigenvalue weighted by molar-refractivity contribution is 5.65. The van der Waals surface area contributed by atoms with E-state index in [2.05, 4.69) is 0 Å². The molecule has 0 aromatic heterocycles. The third-order valence-corrected chi connectivity index (χ3v) is 5.72. The number of allylic oxidation sites excluding steroid dienone is 2. The number of halogens is 2. The molecule has 0 amide bonds. The Morgan fingerprint density at radius 2 is 1.79 bits per heavy atom. The summed E-state index contributed by atoms with van der Waals surface area (Å²) in [7, 11) is 0. The summed E-state index contributed by atoms with van der Waals surface area (Å²) >= 11 is 0. The lowest BCUT2D eigenvalue weighted by molar-refractivity contribution is 0.0328. The van der Waals surface area contributed by atoms with Gasteiger partial charge in [-0.25, -0.2) is 8.78 Å². The third kappa shape index (κ3) is 5.08. The van der Waals surface area contributed by atoms with Crippen molar-refractivity contribution in [2.75, 3.05) is 6.61 Å². The molecule has 3 rings (SSSR count). The predicted molar refractivity (Wildman–Crippen MR) is 112 cm³/mol. The van der Waals surface area contributed by atoms with E-state index in [-0.39, 0.29) is 11.6 Å². The van der Waals surface area contributed by atoms with Gasteiger partial charge in [0.15, 0.2) is 0 Å².